The second kappa shape index (κ2) is 2.98. The fourth-order valence-corrected chi connectivity index (χ4v) is 1.05. The third kappa shape index (κ3) is 2.07. The Kier molecular flexibility index (Phi) is 2.39. The van der Waals surface area contributed by atoms with Gasteiger partial charge in [0.15, 0.2) is 6.10 Å². The van der Waals surface area contributed by atoms with E-state index < -0.39 is 12.3 Å². The molecule has 0 radical (unpaired) electrons. The van der Waals surface area contributed by atoms with E-state index in [-0.39, 0.29) is 25.6 Å². The van der Waals surface area contributed by atoms with Crippen LogP contribution in [0.2, 0.25) is 0 Å². The number of aliphatic hydroxyl groups is 1. The second-order valence-corrected chi connectivity index (χ2v) is 2.65. The third-order valence-corrected chi connectivity index (χ3v) is 1.70. The maximum absolute atomic E-state index is 11.9. The van der Waals surface area contributed by atoms with E-state index in [9.17, 15) is 13.2 Å². The predicted molar refractivity (Wildman–Crippen MR) is 31.0 cm³/mol. The Morgan fingerprint density at radius 3 is 2.36 bits per heavy atom. The van der Waals surface area contributed by atoms with Crippen LogP contribution in [0, 0.1) is 5.92 Å². The molecule has 0 spiro atoms. The van der Waals surface area contributed by atoms with E-state index >= 15 is 0 Å². The van der Waals surface area contributed by atoms with Crippen LogP contribution in [-0.2, 0) is 4.74 Å². The zero-order valence-corrected chi connectivity index (χ0v) is 5.77. The molecule has 0 amide bonds. The van der Waals surface area contributed by atoms with Crippen molar-refractivity contribution in [1.82, 2.24) is 0 Å². The van der Waals surface area contributed by atoms with Gasteiger partial charge in [-0.05, 0) is 6.42 Å². The summed E-state index contributed by atoms with van der Waals surface area (Å²) in [6.07, 6.45) is -6.05. The largest absolute Gasteiger partial charge is 0.414 e. The summed E-state index contributed by atoms with van der Waals surface area (Å²) in [6, 6.07) is 0. The summed E-state index contributed by atoms with van der Waals surface area (Å²) in [6.45, 7) is -0.215. The lowest BCUT2D eigenvalue weighted by Crippen LogP contribution is -2.27. The van der Waals surface area contributed by atoms with Gasteiger partial charge in [-0.15, -0.1) is 0 Å². The maximum Gasteiger partial charge on any atom is 0.414 e. The number of alkyl halides is 3. The van der Waals surface area contributed by atoms with Crippen LogP contribution in [0.5, 0.6) is 0 Å². The number of hydrogen-bond donors (Lipinski definition) is 1. The predicted octanol–water partition coefficient (Wildman–Crippen LogP) is 0.946. The first-order chi connectivity index (χ1) is 5.04. The number of ether oxygens (including phenoxy) is 1. The minimum atomic E-state index is -4.27. The Hall–Kier alpha value is -0.290. The number of hydrogen-bond acceptors (Lipinski definition) is 2. The van der Waals surface area contributed by atoms with Crippen LogP contribution in [0.15, 0.2) is 0 Å². The first kappa shape index (κ1) is 8.80. The molecule has 1 N–H and O–H groups in total. The Morgan fingerprint density at radius 1 is 1.45 bits per heavy atom. The molecule has 1 fully saturated rings. The molecule has 0 aliphatic carbocycles. The van der Waals surface area contributed by atoms with Gasteiger partial charge in [0.05, 0.1) is 6.61 Å². The molecule has 2 nitrogen and oxygen atoms in total. The minimum absolute atomic E-state index is 0.0146. The topological polar surface area (TPSA) is 29.5 Å². The first-order valence-corrected chi connectivity index (χ1v) is 3.33. The van der Waals surface area contributed by atoms with Gasteiger partial charge in [-0.2, -0.15) is 13.2 Å². The smallest absolute Gasteiger partial charge is 0.396 e. The van der Waals surface area contributed by atoms with Crippen molar-refractivity contribution in [3.05, 3.63) is 0 Å². The Bertz CT molecular complexity index is 134. The lowest BCUT2D eigenvalue weighted by molar-refractivity contribution is -0.206. The fourth-order valence-electron chi connectivity index (χ4n) is 1.05. The second-order valence-electron chi connectivity index (χ2n) is 2.65. The van der Waals surface area contributed by atoms with E-state index in [1.807, 2.05) is 0 Å². The Morgan fingerprint density at radius 2 is 2.09 bits per heavy atom. The van der Waals surface area contributed by atoms with E-state index in [2.05, 4.69) is 4.74 Å². The molecule has 1 rings (SSSR count). The van der Waals surface area contributed by atoms with Gasteiger partial charge in [0.1, 0.15) is 0 Å². The lowest BCUT2D eigenvalue weighted by atomic mass is 10.1. The van der Waals surface area contributed by atoms with Gasteiger partial charge in [-0.25, -0.2) is 0 Å². The molecule has 1 aliphatic rings. The van der Waals surface area contributed by atoms with Gasteiger partial charge in [0, 0.05) is 12.5 Å². The molecule has 0 aromatic carbocycles. The van der Waals surface area contributed by atoms with Crippen LogP contribution in [-0.4, -0.2) is 30.6 Å². The number of rotatable bonds is 1. The van der Waals surface area contributed by atoms with Crippen molar-refractivity contribution in [3.63, 3.8) is 0 Å². The highest BCUT2D eigenvalue weighted by atomic mass is 19.4. The molecule has 2 atom stereocenters. The van der Waals surface area contributed by atoms with Crippen molar-refractivity contribution in [2.75, 3.05) is 13.2 Å². The van der Waals surface area contributed by atoms with Gasteiger partial charge >= 0.3 is 6.18 Å². The molecule has 1 aliphatic heterocycles. The normalized spacial score (nSPS) is 32.7. The fraction of sp³-hybridized carbons (Fsp3) is 1.00. The van der Waals surface area contributed by atoms with Crippen molar-refractivity contribution in [2.24, 2.45) is 5.92 Å². The molecule has 0 aromatic rings. The standard InChI is InChI=1S/C6H9F3O2/c7-6(8,9)5-1-4(2-10)3-11-5/h4-5,10H,1-3H2. The molecule has 5 heteroatoms. The number of aliphatic hydroxyl groups excluding tert-OH is 1. The van der Waals surface area contributed by atoms with Crippen molar-refractivity contribution in [3.8, 4) is 0 Å². The average Bonchev–Trinajstić information content (AvgIpc) is 2.32. The highest BCUT2D eigenvalue weighted by Gasteiger charge is 2.45. The summed E-state index contributed by atoms with van der Waals surface area (Å²) in [4.78, 5) is 0. The van der Waals surface area contributed by atoms with Crippen LogP contribution in [0.4, 0.5) is 13.2 Å². The third-order valence-electron chi connectivity index (χ3n) is 1.70. The molecule has 0 saturated carbocycles. The van der Waals surface area contributed by atoms with Crippen molar-refractivity contribution < 1.29 is 23.0 Å². The first-order valence-electron chi connectivity index (χ1n) is 3.33. The zero-order valence-electron chi connectivity index (χ0n) is 5.77. The SMILES string of the molecule is OCC1COC(C(F)(F)F)C1. The highest BCUT2D eigenvalue weighted by molar-refractivity contribution is 4.78. The summed E-state index contributed by atoms with van der Waals surface area (Å²) < 4.78 is 40.0. The monoisotopic (exact) mass is 170 g/mol. The van der Waals surface area contributed by atoms with Gasteiger partial charge in [0.25, 0.3) is 0 Å². The van der Waals surface area contributed by atoms with E-state index in [1.165, 1.54) is 0 Å². The van der Waals surface area contributed by atoms with Crippen LogP contribution in [0.1, 0.15) is 6.42 Å². The van der Waals surface area contributed by atoms with Crippen LogP contribution in [0.25, 0.3) is 0 Å². The van der Waals surface area contributed by atoms with Gasteiger partial charge < -0.3 is 9.84 Å². The molecular weight excluding hydrogens is 161 g/mol. The molecule has 1 heterocycles. The van der Waals surface area contributed by atoms with Gasteiger partial charge in [-0.3, -0.25) is 0 Å². The van der Waals surface area contributed by atoms with Crippen LogP contribution in [0.3, 0.4) is 0 Å². The molecule has 66 valence electrons. The average molecular weight is 170 g/mol. The maximum atomic E-state index is 11.9. The Labute approximate surface area is 62.0 Å². The highest BCUT2D eigenvalue weighted by Crippen LogP contribution is 2.32. The van der Waals surface area contributed by atoms with Crippen LogP contribution >= 0.6 is 0 Å². The van der Waals surface area contributed by atoms with Crippen molar-refractivity contribution >= 4 is 0 Å². The summed E-state index contributed by atoms with van der Waals surface area (Å²) in [7, 11) is 0. The van der Waals surface area contributed by atoms with Gasteiger partial charge in [0.2, 0.25) is 0 Å². The molecule has 1 saturated heterocycles. The molecule has 11 heavy (non-hydrogen) atoms. The summed E-state index contributed by atoms with van der Waals surface area (Å²) in [5.41, 5.74) is 0. The van der Waals surface area contributed by atoms with Crippen molar-refractivity contribution in [2.45, 2.75) is 18.7 Å². The molecule has 0 bridgehead atoms. The molecular formula is C6H9F3O2. The molecule has 0 aromatic heterocycles. The molecule has 2 unspecified atom stereocenters. The van der Waals surface area contributed by atoms with Crippen molar-refractivity contribution in [1.29, 1.82) is 0 Å². The zero-order chi connectivity index (χ0) is 8.48. The van der Waals surface area contributed by atoms with E-state index in [0.717, 1.165) is 0 Å². The number of halogens is 3. The van der Waals surface area contributed by atoms with Gasteiger partial charge in [-0.1, -0.05) is 0 Å². The Balaban J connectivity index is 2.42. The minimum Gasteiger partial charge on any atom is -0.396 e. The van der Waals surface area contributed by atoms with E-state index in [1.54, 1.807) is 0 Å². The van der Waals surface area contributed by atoms with E-state index in [0.29, 0.717) is 0 Å². The summed E-state index contributed by atoms with van der Waals surface area (Å²) in [5.74, 6) is -0.346. The lowest BCUT2D eigenvalue weighted by Gasteiger charge is -2.12. The quantitative estimate of drug-likeness (QED) is 0.634. The summed E-state index contributed by atoms with van der Waals surface area (Å²) in [5, 5.41) is 8.50. The van der Waals surface area contributed by atoms with E-state index in [4.69, 9.17) is 5.11 Å². The van der Waals surface area contributed by atoms with Crippen LogP contribution < -0.4 is 0 Å². The summed E-state index contributed by atoms with van der Waals surface area (Å²) >= 11 is 0.